The number of carbonyl (C=O) groups is 2. The van der Waals surface area contributed by atoms with Crippen molar-refractivity contribution in [1.82, 2.24) is 14.8 Å². The molecule has 1 amide bonds. The van der Waals surface area contributed by atoms with E-state index in [1.165, 1.54) is 30.2 Å². The summed E-state index contributed by atoms with van der Waals surface area (Å²) in [6.07, 6.45) is 1.43. The number of nitrogens with one attached hydrogen (secondary N) is 1. The number of carbonyl (C=O) groups excluding carboxylic acids is 2. The van der Waals surface area contributed by atoms with Gasteiger partial charge < -0.3 is 19.4 Å². The van der Waals surface area contributed by atoms with Gasteiger partial charge in [0.15, 0.2) is 5.16 Å². The fraction of sp³-hybridized carbons (Fsp3) is 0.259. The van der Waals surface area contributed by atoms with E-state index in [-0.39, 0.29) is 11.7 Å². The third kappa shape index (κ3) is 7.33. The van der Waals surface area contributed by atoms with Gasteiger partial charge in [-0.15, -0.1) is 21.5 Å². The Bertz CT molecular complexity index is 1470. The van der Waals surface area contributed by atoms with Crippen molar-refractivity contribution in [1.29, 1.82) is 0 Å². The average molecular weight is 606 g/mol. The lowest BCUT2D eigenvalue weighted by molar-refractivity contribution is -0.113. The predicted molar refractivity (Wildman–Crippen MR) is 156 cm³/mol. The van der Waals surface area contributed by atoms with Crippen LogP contribution in [-0.4, -0.2) is 46.1 Å². The summed E-state index contributed by atoms with van der Waals surface area (Å²) in [6.45, 7) is 2.48. The normalized spacial score (nSPS) is 10.9. The number of benzene rings is 2. The molecule has 4 rings (SSSR count). The zero-order chi connectivity index (χ0) is 27.9. The molecule has 2 heterocycles. The minimum absolute atomic E-state index is 0.0969. The number of aromatic nitrogens is 3. The average Bonchev–Trinajstić information content (AvgIpc) is 3.49. The maximum atomic E-state index is 12.8. The van der Waals surface area contributed by atoms with Gasteiger partial charge in [-0.3, -0.25) is 4.79 Å². The summed E-state index contributed by atoms with van der Waals surface area (Å²) in [5, 5.41) is 15.4. The minimum atomic E-state index is -0.530. The fourth-order valence-corrected chi connectivity index (χ4v) is 5.82. The van der Waals surface area contributed by atoms with E-state index in [4.69, 9.17) is 32.7 Å². The van der Waals surface area contributed by atoms with Crippen molar-refractivity contribution in [3.63, 3.8) is 0 Å². The van der Waals surface area contributed by atoms with Gasteiger partial charge in [-0.2, -0.15) is 0 Å². The number of anilines is 1. The van der Waals surface area contributed by atoms with Crippen molar-refractivity contribution in [2.24, 2.45) is 7.05 Å². The number of hydrogen-bond donors (Lipinski definition) is 1. The van der Waals surface area contributed by atoms with Crippen LogP contribution in [0, 0.1) is 6.92 Å². The second-order valence-electron chi connectivity index (χ2n) is 8.51. The third-order valence-electron chi connectivity index (χ3n) is 5.79. The van der Waals surface area contributed by atoms with Crippen molar-refractivity contribution in [3.05, 3.63) is 74.8 Å². The Morgan fingerprint density at radius 3 is 2.56 bits per heavy atom. The summed E-state index contributed by atoms with van der Waals surface area (Å²) in [4.78, 5) is 25.3. The van der Waals surface area contributed by atoms with Gasteiger partial charge in [0.2, 0.25) is 5.91 Å². The van der Waals surface area contributed by atoms with E-state index in [2.05, 4.69) is 15.5 Å². The summed E-state index contributed by atoms with van der Waals surface area (Å²) in [5.74, 6) is 0.900. The third-order valence-corrected chi connectivity index (χ3v) is 8.19. The number of halogens is 2. The lowest BCUT2D eigenvalue weighted by atomic mass is 10.0. The van der Waals surface area contributed by atoms with Gasteiger partial charge >= 0.3 is 5.97 Å². The highest BCUT2D eigenvalue weighted by atomic mass is 35.5. The second kappa shape index (κ2) is 13.3. The Labute approximate surface area is 244 Å². The minimum Gasteiger partial charge on any atom is -0.493 e. The Morgan fingerprint density at radius 1 is 1.10 bits per heavy atom. The van der Waals surface area contributed by atoms with Gasteiger partial charge in [0.1, 0.15) is 22.1 Å². The van der Waals surface area contributed by atoms with Crippen LogP contribution in [0.15, 0.2) is 53.0 Å². The van der Waals surface area contributed by atoms with E-state index in [9.17, 15) is 9.59 Å². The first-order valence-corrected chi connectivity index (χ1v) is 14.5. The summed E-state index contributed by atoms with van der Waals surface area (Å²) >= 11 is 14.5. The quantitative estimate of drug-likeness (QED) is 0.116. The van der Waals surface area contributed by atoms with Gasteiger partial charge in [0.25, 0.3) is 0 Å². The molecule has 0 aliphatic heterocycles. The lowest BCUT2D eigenvalue weighted by Gasteiger charge is -2.09. The molecule has 0 saturated carbocycles. The molecule has 0 spiro atoms. The summed E-state index contributed by atoms with van der Waals surface area (Å²) in [5.41, 5.74) is 2.76. The highest BCUT2D eigenvalue weighted by Gasteiger charge is 2.23. The molecule has 0 aliphatic rings. The second-order valence-corrected chi connectivity index (χ2v) is 11.2. The number of amides is 1. The van der Waals surface area contributed by atoms with Crippen LogP contribution in [0.2, 0.25) is 10.0 Å². The molecule has 0 unspecified atom stereocenters. The molecule has 2 aromatic heterocycles. The smallest absolute Gasteiger partial charge is 0.341 e. The SMILES string of the molecule is COC(=O)c1c(-c2ccc(Cl)cc2)csc1NC(=O)CSc1nnc(CCCOc2ccc(Cl)cc2C)n1C. The maximum Gasteiger partial charge on any atom is 0.341 e. The number of thiophene rings is 1. The monoisotopic (exact) mass is 604 g/mol. The van der Waals surface area contributed by atoms with Gasteiger partial charge in [-0.1, -0.05) is 47.1 Å². The molecule has 0 bridgehead atoms. The number of hydrogen-bond acceptors (Lipinski definition) is 8. The van der Waals surface area contributed by atoms with E-state index < -0.39 is 5.97 Å². The topological polar surface area (TPSA) is 95.3 Å². The number of nitrogens with zero attached hydrogens (tertiary/aromatic N) is 3. The van der Waals surface area contributed by atoms with E-state index in [0.717, 1.165) is 29.1 Å². The molecule has 8 nitrogen and oxygen atoms in total. The van der Waals surface area contributed by atoms with Crippen LogP contribution in [0.3, 0.4) is 0 Å². The van der Waals surface area contributed by atoms with Gasteiger partial charge in [0, 0.05) is 34.5 Å². The molecular weight excluding hydrogens is 579 g/mol. The van der Waals surface area contributed by atoms with Crippen LogP contribution in [0.25, 0.3) is 11.1 Å². The summed E-state index contributed by atoms with van der Waals surface area (Å²) in [7, 11) is 3.18. The van der Waals surface area contributed by atoms with Crippen molar-refractivity contribution < 1.29 is 19.1 Å². The van der Waals surface area contributed by atoms with Crippen LogP contribution >= 0.6 is 46.3 Å². The maximum absolute atomic E-state index is 12.8. The van der Waals surface area contributed by atoms with Gasteiger partial charge in [0.05, 0.1) is 19.5 Å². The molecule has 0 saturated heterocycles. The highest BCUT2D eigenvalue weighted by molar-refractivity contribution is 7.99. The van der Waals surface area contributed by atoms with Gasteiger partial charge in [-0.25, -0.2) is 4.79 Å². The van der Waals surface area contributed by atoms with Crippen LogP contribution in [0.1, 0.15) is 28.2 Å². The van der Waals surface area contributed by atoms with E-state index >= 15 is 0 Å². The lowest BCUT2D eigenvalue weighted by Crippen LogP contribution is -2.16. The van der Waals surface area contributed by atoms with Crippen molar-refractivity contribution >= 4 is 63.2 Å². The molecule has 0 aliphatic carbocycles. The summed E-state index contributed by atoms with van der Waals surface area (Å²) in [6, 6.07) is 12.7. The molecule has 0 fully saturated rings. The Morgan fingerprint density at radius 2 is 1.85 bits per heavy atom. The highest BCUT2D eigenvalue weighted by Crippen LogP contribution is 2.36. The number of rotatable bonds is 11. The molecule has 12 heteroatoms. The van der Waals surface area contributed by atoms with Crippen LogP contribution in [0.4, 0.5) is 5.00 Å². The first-order chi connectivity index (χ1) is 18.8. The number of aryl methyl sites for hydroxylation is 2. The molecular formula is C27H26Cl2N4O4S2. The standard InChI is InChI=1S/C27H26Cl2N4O4S2/c1-16-13-19(29)10-11-21(16)37-12-4-5-22-31-32-27(33(22)2)39-15-23(34)30-25-24(26(35)36-3)20(14-38-25)17-6-8-18(28)9-7-17/h6-11,13-14H,4-5,12,15H2,1-3H3,(H,30,34). The van der Waals surface area contributed by atoms with Crippen LogP contribution < -0.4 is 10.1 Å². The molecule has 0 atom stereocenters. The Kier molecular flexibility index (Phi) is 9.90. The van der Waals surface area contributed by atoms with Crippen LogP contribution in [0.5, 0.6) is 5.75 Å². The molecule has 204 valence electrons. The zero-order valence-corrected chi connectivity index (χ0v) is 24.6. The summed E-state index contributed by atoms with van der Waals surface area (Å²) < 4.78 is 12.7. The van der Waals surface area contributed by atoms with Crippen molar-refractivity contribution in [2.75, 3.05) is 24.8 Å². The van der Waals surface area contributed by atoms with E-state index in [0.29, 0.717) is 44.4 Å². The first-order valence-electron chi connectivity index (χ1n) is 11.9. The Hall–Kier alpha value is -3.05. The molecule has 39 heavy (non-hydrogen) atoms. The van der Waals surface area contributed by atoms with E-state index in [1.807, 2.05) is 48.2 Å². The zero-order valence-electron chi connectivity index (χ0n) is 21.5. The largest absolute Gasteiger partial charge is 0.493 e. The van der Waals surface area contributed by atoms with Crippen LogP contribution in [-0.2, 0) is 23.0 Å². The number of ether oxygens (including phenoxy) is 2. The van der Waals surface area contributed by atoms with Crippen molar-refractivity contribution in [2.45, 2.75) is 24.9 Å². The van der Waals surface area contributed by atoms with Gasteiger partial charge in [-0.05, 0) is 54.8 Å². The fourth-order valence-electron chi connectivity index (χ4n) is 3.76. The molecule has 4 aromatic rings. The number of methoxy groups -OCH3 is 1. The van der Waals surface area contributed by atoms with Crippen molar-refractivity contribution in [3.8, 4) is 16.9 Å². The number of thioether (sulfide) groups is 1. The Balaban J connectivity index is 1.32. The number of esters is 1. The molecule has 0 radical (unpaired) electrons. The molecule has 2 aromatic carbocycles. The molecule has 1 N–H and O–H groups in total. The van der Waals surface area contributed by atoms with E-state index in [1.54, 1.807) is 18.2 Å². The first kappa shape index (κ1) is 28.9. The predicted octanol–water partition coefficient (Wildman–Crippen LogP) is 6.69.